The smallest absolute Gasteiger partial charge is 0.138 e. The standard InChI is InChI=1S/C8H6NOS/c1-10-7-4-2-3-5-8(7)11-6-9/h3-5H,1H3. The van der Waals surface area contributed by atoms with Gasteiger partial charge in [-0.2, -0.15) is 5.26 Å². The van der Waals surface area contributed by atoms with Gasteiger partial charge in [-0.15, -0.1) is 0 Å². The molecule has 55 valence electrons. The number of thioether (sulfide) groups is 1. The summed E-state index contributed by atoms with van der Waals surface area (Å²) in [6.07, 6.45) is 0. The molecule has 0 fully saturated rings. The van der Waals surface area contributed by atoms with Crippen LogP contribution in [-0.2, 0) is 0 Å². The number of nitriles is 1. The van der Waals surface area contributed by atoms with Crippen LogP contribution < -0.4 is 4.74 Å². The Kier molecular flexibility index (Phi) is 2.82. The number of rotatable bonds is 2. The van der Waals surface area contributed by atoms with Crippen molar-refractivity contribution in [2.45, 2.75) is 4.90 Å². The summed E-state index contributed by atoms with van der Waals surface area (Å²) in [6.45, 7) is 0. The normalized spacial score (nSPS) is 8.73. The van der Waals surface area contributed by atoms with Gasteiger partial charge in [0, 0.05) is 0 Å². The number of ether oxygens (including phenoxy) is 1. The minimum absolute atomic E-state index is 0.694. The second-order valence-corrected chi connectivity index (χ2v) is 2.60. The summed E-state index contributed by atoms with van der Waals surface area (Å²) in [5.41, 5.74) is 0. The summed E-state index contributed by atoms with van der Waals surface area (Å²) in [4.78, 5) is 0.828. The van der Waals surface area contributed by atoms with Crippen LogP contribution in [0.1, 0.15) is 0 Å². The lowest BCUT2D eigenvalue weighted by molar-refractivity contribution is 0.405. The minimum Gasteiger partial charge on any atom is -0.496 e. The number of hydrogen-bond donors (Lipinski definition) is 0. The molecule has 1 rings (SSSR count). The van der Waals surface area contributed by atoms with E-state index in [9.17, 15) is 0 Å². The van der Waals surface area contributed by atoms with Crippen LogP contribution in [0.4, 0.5) is 0 Å². The van der Waals surface area contributed by atoms with E-state index in [-0.39, 0.29) is 0 Å². The van der Waals surface area contributed by atoms with Crippen molar-refractivity contribution in [2.75, 3.05) is 7.11 Å². The third-order valence-corrected chi connectivity index (χ3v) is 1.81. The molecule has 0 aliphatic heterocycles. The largest absolute Gasteiger partial charge is 0.496 e. The van der Waals surface area contributed by atoms with Crippen LogP contribution in [0, 0.1) is 16.7 Å². The van der Waals surface area contributed by atoms with Gasteiger partial charge in [-0.3, -0.25) is 0 Å². The second kappa shape index (κ2) is 3.89. The second-order valence-electron chi connectivity index (χ2n) is 1.77. The first-order chi connectivity index (χ1) is 5.38. The van der Waals surface area contributed by atoms with Crippen LogP contribution in [0.3, 0.4) is 0 Å². The highest BCUT2D eigenvalue weighted by molar-refractivity contribution is 8.03. The monoisotopic (exact) mass is 164 g/mol. The maximum Gasteiger partial charge on any atom is 0.138 e. The quantitative estimate of drug-likeness (QED) is 0.495. The Morgan fingerprint density at radius 1 is 1.73 bits per heavy atom. The molecule has 0 unspecified atom stereocenters. The van der Waals surface area contributed by atoms with Crippen LogP contribution in [0.5, 0.6) is 5.75 Å². The van der Waals surface area contributed by atoms with Crippen molar-refractivity contribution in [2.24, 2.45) is 0 Å². The maximum absolute atomic E-state index is 8.39. The van der Waals surface area contributed by atoms with Crippen LogP contribution in [0.15, 0.2) is 23.1 Å². The van der Waals surface area contributed by atoms with E-state index in [4.69, 9.17) is 10.00 Å². The van der Waals surface area contributed by atoms with E-state index in [1.54, 1.807) is 25.3 Å². The van der Waals surface area contributed by atoms with Gasteiger partial charge in [0.1, 0.15) is 11.2 Å². The summed E-state index contributed by atoms with van der Waals surface area (Å²) in [5.74, 6) is 0.694. The molecule has 0 aliphatic carbocycles. The van der Waals surface area contributed by atoms with Crippen molar-refractivity contribution in [3.8, 4) is 11.2 Å². The number of nitrogens with zero attached hydrogens (tertiary/aromatic N) is 1. The Bertz CT molecular complexity index is 280. The summed E-state index contributed by atoms with van der Waals surface area (Å²) < 4.78 is 4.99. The van der Waals surface area contributed by atoms with Gasteiger partial charge in [-0.1, -0.05) is 6.07 Å². The van der Waals surface area contributed by atoms with Crippen molar-refractivity contribution < 1.29 is 4.74 Å². The average Bonchev–Trinajstić information content (AvgIpc) is 2.06. The predicted octanol–water partition coefficient (Wildman–Crippen LogP) is 2.07. The number of hydrogen-bond acceptors (Lipinski definition) is 3. The average molecular weight is 164 g/mol. The minimum atomic E-state index is 0.694. The van der Waals surface area contributed by atoms with Gasteiger partial charge in [-0.05, 0) is 30.0 Å². The zero-order chi connectivity index (χ0) is 8.10. The molecule has 0 saturated carbocycles. The lowest BCUT2D eigenvalue weighted by atomic mass is 10.3. The molecule has 1 aromatic carbocycles. The first kappa shape index (κ1) is 7.96. The van der Waals surface area contributed by atoms with Gasteiger partial charge in [0.2, 0.25) is 0 Å². The van der Waals surface area contributed by atoms with E-state index in [1.807, 2.05) is 5.40 Å². The van der Waals surface area contributed by atoms with Crippen LogP contribution >= 0.6 is 11.8 Å². The van der Waals surface area contributed by atoms with E-state index >= 15 is 0 Å². The van der Waals surface area contributed by atoms with Gasteiger partial charge < -0.3 is 4.74 Å². The molecule has 0 bridgehead atoms. The number of benzene rings is 1. The molecule has 3 heteroatoms. The van der Waals surface area contributed by atoms with E-state index in [2.05, 4.69) is 6.07 Å². The topological polar surface area (TPSA) is 33.0 Å². The molecular formula is C8H6NOS. The number of methoxy groups -OCH3 is 1. The highest BCUT2D eigenvalue weighted by Gasteiger charge is 1.99. The first-order valence-corrected chi connectivity index (χ1v) is 3.80. The fraction of sp³-hybridized carbons (Fsp3) is 0.125. The van der Waals surface area contributed by atoms with Gasteiger partial charge in [0.05, 0.1) is 12.0 Å². The molecule has 1 radical (unpaired) electrons. The lowest BCUT2D eigenvalue weighted by Crippen LogP contribution is -1.83. The fourth-order valence-corrected chi connectivity index (χ4v) is 1.17. The number of thiocyanates is 1. The van der Waals surface area contributed by atoms with Crippen molar-refractivity contribution in [1.82, 2.24) is 0 Å². The van der Waals surface area contributed by atoms with Crippen molar-refractivity contribution in [1.29, 1.82) is 5.26 Å². The highest BCUT2D eigenvalue weighted by Crippen LogP contribution is 2.27. The van der Waals surface area contributed by atoms with Crippen LogP contribution in [0.25, 0.3) is 0 Å². The summed E-state index contributed by atoms with van der Waals surface area (Å²) in [5, 5.41) is 10.4. The Morgan fingerprint density at radius 3 is 3.18 bits per heavy atom. The molecule has 0 spiro atoms. The Hall–Kier alpha value is -1.14. The molecular weight excluding hydrogens is 158 g/mol. The fourth-order valence-electron chi connectivity index (χ4n) is 0.694. The molecule has 11 heavy (non-hydrogen) atoms. The van der Waals surface area contributed by atoms with E-state index < -0.39 is 0 Å². The summed E-state index contributed by atoms with van der Waals surface area (Å²) >= 11 is 1.09. The van der Waals surface area contributed by atoms with E-state index in [0.29, 0.717) is 5.75 Å². The summed E-state index contributed by atoms with van der Waals surface area (Å²) in [7, 11) is 1.57. The predicted molar refractivity (Wildman–Crippen MR) is 43.3 cm³/mol. The van der Waals surface area contributed by atoms with Crippen molar-refractivity contribution in [3.63, 3.8) is 0 Å². The molecule has 0 aromatic heterocycles. The highest BCUT2D eigenvalue weighted by atomic mass is 32.2. The van der Waals surface area contributed by atoms with Gasteiger partial charge in [0.15, 0.2) is 0 Å². The lowest BCUT2D eigenvalue weighted by Gasteiger charge is -2.01. The zero-order valence-electron chi connectivity index (χ0n) is 6.00. The van der Waals surface area contributed by atoms with Gasteiger partial charge in [-0.25, -0.2) is 0 Å². The van der Waals surface area contributed by atoms with Gasteiger partial charge >= 0.3 is 0 Å². The zero-order valence-corrected chi connectivity index (χ0v) is 6.81. The Balaban J connectivity index is 2.94. The maximum atomic E-state index is 8.39. The summed E-state index contributed by atoms with van der Waals surface area (Å²) in [6, 6.07) is 8.12. The molecule has 0 heterocycles. The van der Waals surface area contributed by atoms with Crippen molar-refractivity contribution >= 4 is 11.8 Å². The van der Waals surface area contributed by atoms with E-state index in [1.165, 1.54) is 0 Å². The molecule has 0 aliphatic rings. The molecule has 0 amide bonds. The molecule has 0 saturated heterocycles. The van der Waals surface area contributed by atoms with Crippen molar-refractivity contribution in [3.05, 3.63) is 24.3 Å². The third kappa shape index (κ3) is 1.89. The third-order valence-electron chi connectivity index (χ3n) is 1.16. The Morgan fingerprint density at radius 2 is 2.55 bits per heavy atom. The molecule has 0 N–H and O–H groups in total. The first-order valence-electron chi connectivity index (χ1n) is 2.98. The SMILES string of the molecule is COc1c[c]ccc1SC#N. The Labute approximate surface area is 69.8 Å². The molecule has 1 aromatic rings. The van der Waals surface area contributed by atoms with E-state index in [0.717, 1.165) is 16.7 Å². The molecule has 0 atom stereocenters. The van der Waals surface area contributed by atoms with Gasteiger partial charge in [0.25, 0.3) is 0 Å². The van der Waals surface area contributed by atoms with Crippen LogP contribution in [0.2, 0.25) is 0 Å². The van der Waals surface area contributed by atoms with Crippen LogP contribution in [-0.4, -0.2) is 7.11 Å². The molecule has 2 nitrogen and oxygen atoms in total.